The highest BCUT2D eigenvalue weighted by molar-refractivity contribution is 7.99. The predicted octanol–water partition coefficient (Wildman–Crippen LogP) is 4.71. The van der Waals surface area contributed by atoms with Crippen LogP contribution in [-0.4, -0.2) is 20.9 Å². The molecule has 0 aliphatic rings. The Morgan fingerprint density at radius 2 is 1.57 bits per heavy atom. The second kappa shape index (κ2) is 10.4. The Balaban J connectivity index is 1.59. The Bertz CT molecular complexity index is 1080. The Morgan fingerprint density at radius 3 is 2.27 bits per heavy atom. The number of benzene rings is 3. The number of para-hydroxylation sites is 1. The Labute approximate surface area is 182 Å². The van der Waals surface area contributed by atoms with Crippen LogP contribution in [0, 0.1) is 0 Å². The molecule has 30 heavy (non-hydrogen) atoms. The van der Waals surface area contributed by atoms with Gasteiger partial charge in [-0.25, -0.2) is 13.1 Å². The Morgan fingerprint density at radius 1 is 0.900 bits per heavy atom. The van der Waals surface area contributed by atoms with Crippen molar-refractivity contribution >= 4 is 33.4 Å². The summed E-state index contributed by atoms with van der Waals surface area (Å²) in [5, 5.41) is 2.99. The summed E-state index contributed by atoms with van der Waals surface area (Å²) in [4.78, 5) is 14.8. The van der Waals surface area contributed by atoms with E-state index < -0.39 is 10.0 Å². The molecule has 0 aromatic heterocycles. The van der Waals surface area contributed by atoms with E-state index in [9.17, 15) is 13.2 Å². The van der Waals surface area contributed by atoms with Crippen LogP contribution in [0.15, 0.2) is 93.5 Å². The SMILES string of the molecule is CCNS(=O)(=O)c1ccc(CCC(=O)Nc2ccccc2Sc2ccccc2)cc1. The molecule has 0 radical (unpaired) electrons. The monoisotopic (exact) mass is 440 g/mol. The molecule has 0 aliphatic carbocycles. The molecule has 7 heteroatoms. The Kier molecular flexibility index (Phi) is 7.68. The number of rotatable bonds is 9. The summed E-state index contributed by atoms with van der Waals surface area (Å²) in [6, 6.07) is 24.4. The van der Waals surface area contributed by atoms with Crippen molar-refractivity contribution in [1.29, 1.82) is 0 Å². The molecular formula is C23H24N2O3S2. The first kappa shape index (κ1) is 22.1. The van der Waals surface area contributed by atoms with Gasteiger partial charge in [0.25, 0.3) is 0 Å². The number of hydrogen-bond donors (Lipinski definition) is 2. The minimum absolute atomic E-state index is 0.0829. The molecule has 3 aromatic rings. The van der Waals surface area contributed by atoms with Crippen molar-refractivity contribution in [3.63, 3.8) is 0 Å². The second-order valence-corrected chi connectivity index (χ2v) is 9.49. The van der Waals surface area contributed by atoms with Crippen molar-refractivity contribution in [3.05, 3.63) is 84.4 Å². The normalized spacial score (nSPS) is 11.2. The lowest BCUT2D eigenvalue weighted by atomic mass is 10.1. The summed E-state index contributed by atoms with van der Waals surface area (Å²) in [6.07, 6.45) is 0.838. The van der Waals surface area contributed by atoms with Gasteiger partial charge in [-0.15, -0.1) is 0 Å². The number of nitrogens with one attached hydrogen (secondary N) is 2. The van der Waals surface area contributed by atoms with Gasteiger partial charge in [0.15, 0.2) is 0 Å². The van der Waals surface area contributed by atoms with Crippen molar-refractivity contribution in [2.75, 3.05) is 11.9 Å². The molecule has 0 atom stereocenters. The summed E-state index contributed by atoms with van der Waals surface area (Å²) in [5.74, 6) is -0.0829. The molecule has 2 N–H and O–H groups in total. The predicted molar refractivity (Wildman–Crippen MR) is 121 cm³/mol. The lowest BCUT2D eigenvalue weighted by Gasteiger charge is -2.11. The standard InChI is InChI=1S/C23H24N2O3S2/c1-2-24-30(27,28)20-15-12-18(13-16-20)14-17-23(26)25-21-10-6-7-11-22(21)29-19-8-4-3-5-9-19/h3-13,15-16,24H,2,14,17H2,1H3,(H,25,26). The smallest absolute Gasteiger partial charge is 0.240 e. The molecule has 156 valence electrons. The first-order chi connectivity index (χ1) is 14.5. The second-order valence-electron chi connectivity index (χ2n) is 6.60. The van der Waals surface area contributed by atoms with E-state index in [0.29, 0.717) is 19.4 Å². The number of sulfonamides is 1. The molecule has 0 heterocycles. The molecule has 3 rings (SSSR count). The Hall–Kier alpha value is -2.61. The van der Waals surface area contributed by atoms with Gasteiger partial charge in [-0.3, -0.25) is 4.79 Å². The number of hydrogen-bond acceptors (Lipinski definition) is 4. The van der Waals surface area contributed by atoms with Crippen molar-refractivity contribution < 1.29 is 13.2 Å². The molecule has 0 bridgehead atoms. The lowest BCUT2D eigenvalue weighted by molar-refractivity contribution is -0.116. The first-order valence-electron chi connectivity index (χ1n) is 9.68. The van der Waals surface area contributed by atoms with E-state index in [-0.39, 0.29) is 10.8 Å². The summed E-state index contributed by atoms with van der Waals surface area (Å²) < 4.78 is 26.5. The zero-order valence-corrected chi connectivity index (χ0v) is 18.3. The van der Waals surface area contributed by atoms with E-state index >= 15 is 0 Å². The molecule has 0 saturated heterocycles. The quantitative estimate of drug-likeness (QED) is 0.505. The third-order valence-corrected chi connectivity index (χ3v) is 6.99. The van der Waals surface area contributed by atoms with Crippen LogP contribution in [0.5, 0.6) is 0 Å². The zero-order valence-electron chi connectivity index (χ0n) is 16.7. The molecular weight excluding hydrogens is 416 g/mol. The average molecular weight is 441 g/mol. The molecule has 0 aliphatic heterocycles. The molecule has 5 nitrogen and oxygen atoms in total. The zero-order chi connectivity index (χ0) is 21.4. The van der Waals surface area contributed by atoms with E-state index in [1.54, 1.807) is 43.0 Å². The van der Waals surface area contributed by atoms with Gasteiger partial charge >= 0.3 is 0 Å². The van der Waals surface area contributed by atoms with E-state index in [1.165, 1.54) is 0 Å². The summed E-state index contributed by atoms with van der Waals surface area (Å²) in [5.41, 5.74) is 1.69. The van der Waals surface area contributed by atoms with E-state index in [4.69, 9.17) is 0 Å². The largest absolute Gasteiger partial charge is 0.325 e. The van der Waals surface area contributed by atoms with Crippen LogP contribution in [0.3, 0.4) is 0 Å². The van der Waals surface area contributed by atoms with Crippen LogP contribution in [0.1, 0.15) is 18.9 Å². The molecule has 0 fully saturated rings. The highest BCUT2D eigenvalue weighted by Crippen LogP contribution is 2.33. The van der Waals surface area contributed by atoms with Gasteiger partial charge in [-0.1, -0.05) is 61.2 Å². The van der Waals surface area contributed by atoms with Crippen LogP contribution >= 0.6 is 11.8 Å². The van der Waals surface area contributed by atoms with Crippen molar-refractivity contribution in [2.24, 2.45) is 0 Å². The molecule has 0 unspecified atom stereocenters. The molecule has 3 aromatic carbocycles. The van der Waals surface area contributed by atoms with Crippen LogP contribution in [0.2, 0.25) is 0 Å². The highest BCUT2D eigenvalue weighted by atomic mass is 32.2. The van der Waals surface area contributed by atoms with Crippen molar-refractivity contribution in [3.8, 4) is 0 Å². The topological polar surface area (TPSA) is 75.3 Å². The summed E-state index contributed by atoms with van der Waals surface area (Å²) >= 11 is 1.60. The van der Waals surface area contributed by atoms with E-state index in [2.05, 4.69) is 10.0 Å². The highest BCUT2D eigenvalue weighted by Gasteiger charge is 2.12. The van der Waals surface area contributed by atoms with Gasteiger partial charge < -0.3 is 5.32 Å². The molecule has 0 saturated carbocycles. The van der Waals surface area contributed by atoms with Crippen LogP contribution < -0.4 is 10.0 Å². The van der Waals surface area contributed by atoms with E-state index in [0.717, 1.165) is 21.0 Å². The summed E-state index contributed by atoms with van der Waals surface area (Å²) in [7, 11) is -3.46. The molecule has 1 amide bonds. The third-order valence-electron chi connectivity index (χ3n) is 4.34. The van der Waals surface area contributed by atoms with Crippen molar-refractivity contribution in [1.82, 2.24) is 4.72 Å². The van der Waals surface area contributed by atoms with Gasteiger partial charge in [0.05, 0.1) is 10.6 Å². The minimum Gasteiger partial charge on any atom is -0.325 e. The fourth-order valence-electron chi connectivity index (χ4n) is 2.85. The number of carbonyl (C=O) groups excluding carboxylic acids is 1. The van der Waals surface area contributed by atoms with Gasteiger partial charge in [0, 0.05) is 22.8 Å². The van der Waals surface area contributed by atoms with Gasteiger partial charge in [-0.2, -0.15) is 0 Å². The maximum absolute atomic E-state index is 12.5. The van der Waals surface area contributed by atoms with Gasteiger partial charge in [-0.05, 0) is 48.4 Å². The number of amides is 1. The number of anilines is 1. The maximum Gasteiger partial charge on any atom is 0.240 e. The van der Waals surface area contributed by atoms with Crippen LogP contribution in [0.4, 0.5) is 5.69 Å². The van der Waals surface area contributed by atoms with Gasteiger partial charge in [0.2, 0.25) is 15.9 Å². The minimum atomic E-state index is -3.46. The molecule has 0 spiro atoms. The van der Waals surface area contributed by atoms with Crippen LogP contribution in [-0.2, 0) is 21.2 Å². The van der Waals surface area contributed by atoms with E-state index in [1.807, 2.05) is 54.6 Å². The van der Waals surface area contributed by atoms with Crippen molar-refractivity contribution in [2.45, 2.75) is 34.5 Å². The fraction of sp³-hybridized carbons (Fsp3) is 0.174. The fourth-order valence-corrected chi connectivity index (χ4v) is 4.82. The maximum atomic E-state index is 12.5. The summed E-state index contributed by atoms with van der Waals surface area (Å²) in [6.45, 7) is 2.08. The third kappa shape index (κ3) is 6.19. The first-order valence-corrected chi connectivity index (χ1v) is 12.0. The lowest BCUT2D eigenvalue weighted by Crippen LogP contribution is -2.23. The average Bonchev–Trinajstić information content (AvgIpc) is 2.75. The van der Waals surface area contributed by atoms with Crippen LogP contribution in [0.25, 0.3) is 0 Å². The van der Waals surface area contributed by atoms with Gasteiger partial charge in [0.1, 0.15) is 0 Å². The number of aryl methyl sites for hydroxylation is 1. The number of carbonyl (C=O) groups is 1.